The van der Waals surface area contributed by atoms with E-state index in [1.54, 1.807) is 39.1 Å². The van der Waals surface area contributed by atoms with Crippen LogP contribution in [0.3, 0.4) is 0 Å². The van der Waals surface area contributed by atoms with Crippen molar-refractivity contribution in [3.8, 4) is 10.6 Å². The number of ketones is 1. The van der Waals surface area contributed by atoms with Crippen molar-refractivity contribution >= 4 is 39.8 Å². The van der Waals surface area contributed by atoms with Gasteiger partial charge in [-0.1, -0.05) is 17.4 Å². The predicted molar refractivity (Wildman–Crippen MR) is 126 cm³/mol. The average Bonchev–Trinajstić information content (AvgIpc) is 3.39. The Labute approximate surface area is 198 Å². The van der Waals surface area contributed by atoms with Gasteiger partial charge in [-0.15, -0.1) is 10.2 Å². The summed E-state index contributed by atoms with van der Waals surface area (Å²) in [5.74, 6) is -0.269. The van der Waals surface area contributed by atoms with Gasteiger partial charge in [0.05, 0.1) is 16.6 Å². The molecule has 0 aliphatic heterocycles. The largest absolute Gasteiger partial charge is 0.442 e. The quantitative estimate of drug-likeness (QED) is 0.221. The molecule has 0 radical (unpaired) electrons. The lowest BCUT2D eigenvalue weighted by Gasteiger charge is -2.19. The number of carbonyl (C=O) groups is 2. The lowest BCUT2D eigenvalue weighted by Crippen LogP contribution is -2.27. The van der Waals surface area contributed by atoms with E-state index in [0.717, 1.165) is 10.9 Å². The number of hydrogen-bond donors (Lipinski definition) is 0. The minimum absolute atomic E-state index is 0.174. The molecule has 4 aromatic rings. The molecule has 0 aliphatic carbocycles. The molecular weight excluding hydrogens is 458 g/mol. The van der Waals surface area contributed by atoms with E-state index in [4.69, 9.17) is 4.74 Å². The van der Waals surface area contributed by atoms with Crippen LogP contribution in [0.4, 0.5) is 10.5 Å². The molecule has 0 amide bonds. The summed E-state index contributed by atoms with van der Waals surface area (Å²) in [6, 6.07) is 9.78. The fraction of sp³-hybridized carbons (Fsp3) is 0.261. The number of nitro benzene ring substituents is 1. The van der Waals surface area contributed by atoms with Crippen molar-refractivity contribution in [1.82, 2.24) is 20.0 Å². The highest BCUT2D eigenvalue weighted by molar-refractivity contribution is 7.14. The van der Waals surface area contributed by atoms with E-state index >= 15 is 0 Å². The van der Waals surface area contributed by atoms with Crippen LogP contribution in [-0.2, 0) is 11.2 Å². The molecule has 10 nitrogen and oxygen atoms in total. The summed E-state index contributed by atoms with van der Waals surface area (Å²) < 4.78 is 6.61. The molecule has 0 bridgehead atoms. The molecular formula is C23H21N5O5S. The third-order valence-corrected chi connectivity index (χ3v) is 5.78. The molecule has 0 aliphatic rings. The van der Waals surface area contributed by atoms with Gasteiger partial charge in [0.25, 0.3) is 5.69 Å². The van der Waals surface area contributed by atoms with E-state index < -0.39 is 16.6 Å². The van der Waals surface area contributed by atoms with Crippen molar-refractivity contribution in [2.45, 2.75) is 39.7 Å². The van der Waals surface area contributed by atoms with Crippen LogP contribution >= 0.6 is 11.3 Å². The molecule has 0 unspecified atom stereocenters. The van der Waals surface area contributed by atoms with Gasteiger partial charge in [0.1, 0.15) is 15.6 Å². The van der Waals surface area contributed by atoms with E-state index in [1.165, 1.54) is 35.1 Å². The first-order valence-electron chi connectivity index (χ1n) is 10.3. The Bertz CT molecular complexity index is 1400. The van der Waals surface area contributed by atoms with Crippen LogP contribution in [0.15, 0.2) is 42.6 Å². The van der Waals surface area contributed by atoms with Gasteiger partial charge in [0, 0.05) is 35.1 Å². The lowest BCUT2D eigenvalue weighted by atomic mass is 10.1. The van der Waals surface area contributed by atoms with Gasteiger partial charge in [-0.05, 0) is 51.5 Å². The summed E-state index contributed by atoms with van der Waals surface area (Å²) in [6.45, 7) is 6.73. The summed E-state index contributed by atoms with van der Waals surface area (Å²) in [7, 11) is 0. The minimum Gasteiger partial charge on any atom is -0.442 e. The fourth-order valence-corrected chi connectivity index (χ4v) is 4.16. The highest BCUT2D eigenvalue weighted by Crippen LogP contribution is 2.30. The maximum absolute atomic E-state index is 12.4. The first-order valence-corrected chi connectivity index (χ1v) is 11.1. The fourth-order valence-electron chi connectivity index (χ4n) is 3.30. The number of carbonyl (C=O) groups excluding carboxylic acids is 2. The standard InChI is InChI=1S/C23H21N5O5S/c1-13(29)15-9-16(11-18(10-15)28(31)32)21-26-25-20(34-21)8-14-5-6-19-17(7-14)12-24-27(19)22(30)33-23(2,3)4/h5-7,9-12H,8H2,1-4H3. The molecule has 0 spiro atoms. The Morgan fingerprint density at radius 1 is 1.15 bits per heavy atom. The van der Waals surface area contributed by atoms with Crippen molar-refractivity contribution in [3.05, 3.63) is 68.8 Å². The number of rotatable bonds is 5. The second-order valence-corrected chi connectivity index (χ2v) is 9.75. The third kappa shape index (κ3) is 4.99. The predicted octanol–water partition coefficient (Wildman–Crippen LogP) is 5.04. The number of fused-ring (bicyclic) bond motifs is 1. The Morgan fingerprint density at radius 2 is 1.91 bits per heavy atom. The summed E-state index contributed by atoms with van der Waals surface area (Å²) >= 11 is 1.29. The van der Waals surface area contributed by atoms with E-state index in [9.17, 15) is 19.7 Å². The highest BCUT2D eigenvalue weighted by Gasteiger charge is 2.20. The first-order chi connectivity index (χ1) is 16.0. The second-order valence-electron chi connectivity index (χ2n) is 8.69. The van der Waals surface area contributed by atoms with Crippen LogP contribution < -0.4 is 0 Å². The minimum atomic E-state index is -0.630. The highest BCUT2D eigenvalue weighted by atomic mass is 32.1. The van der Waals surface area contributed by atoms with Crippen molar-refractivity contribution in [3.63, 3.8) is 0 Å². The van der Waals surface area contributed by atoms with Crippen LogP contribution in [0.5, 0.6) is 0 Å². The monoisotopic (exact) mass is 479 g/mol. The summed E-state index contributed by atoms with van der Waals surface area (Å²) in [5.41, 5.74) is 1.47. The van der Waals surface area contributed by atoms with Gasteiger partial charge in [-0.2, -0.15) is 9.78 Å². The van der Waals surface area contributed by atoms with Gasteiger partial charge in [-0.25, -0.2) is 4.79 Å². The number of benzene rings is 2. The second kappa shape index (κ2) is 8.75. The Morgan fingerprint density at radius 3 is 2.59 bits per heavy atom. The smallest absolute Gasteiger partial charge is 0.435 e. The van der Waals surface area contributed by atoms with Crippen LogP contribution in [0, 0.1) is 10.1 Å². The number of aromatic nitrogens is 4. The SMILES string of the molecule is CC(=O)c1cc(-c2nnc(Cc3ccc4c(cnn4C(=O)OC(C)(C)C)c3)s2)cc([N+](=O)[O-])c1. The molecule has 2 aromatic carbocycles. The average molecular weight is 480 g/mol. The first kappa shape index (κ1) is 23.2. The Balaban J connectivity index is 1.58. The van der Waals surface area contributed by atoms with E-state index in [-0.39, 0.29) is 17.0 Å². The third-order valence-electron chi connectivity index (χ3n) is 4.80. The number of non-ortho nitro benzene ring substituents is 1. The van der Waals surface area contributed by atoms with Gasteiger partial charge in [0.15, 0.2) is 5.78 Å². The zero-order valence-corrected chi connectivity index (χ0v) is 19.8. The van der Waals surface area contributed by atoms with Crippen LogP contribution in [-0.4, -0.2) is 42.4 Å². The van der Waals surface area contributed by atoms with E-state index in [0.29, 0.717) is 27.5 Å². The number of Topliss-reactive ketones (excluding diaryl/α,β-unsaturated/α-hetero) is 1. The molecule has 4 rings (SSSR count). The zero-order valence-electron chi connectivity index (χ0n) is 18.9. The van der Waals surface area contributed by atoms with Crippen molar-refractivity contribution in [2.75, 3.05) is 0 Å². The van der Waals surface area contributed by atoms with Crippen molar-refractivity contribution in [1.29, 1.82) is 0 Å². The van der Waals surface area contributed by atoms with Gasteiger partial charge < -0.3 is 4.74 Å². The molecule has 2 aromatic heterocycles. The number of hydrogen-bond acceptors (Lipinski definition) is 9. The maximum Gasteiger partial charge on any atom is 0.435 e. The van der Waals surface area contributed by atoms with Crippen molar-refractivity contribution in [2.24, 2.45) is 0 Å². The Hall–Kier alpha value is -3.99. The summed E-state index contributed by atoms with van der Waals surface area (Å²) in [4.78, 5) is 34.9. The van der Waals surface area contributed by atoms with Crippen LogP contribution in [0.2, 0.25) is 0 Å². The van der Waals surface area contributed by atoms with Crippen LogP contribution in [0.25, 0.3) is 21.5 Å². The molecule has 11 heteroatoms. The van der Waals surface area contributed by atoms with Crippen molar-refractivity contribution < 1.29 is 19.2 Å². The summed E-state index contributed by atoms with van der Waals surface area (Å²) in [6.07, 6.45) is 1.52. The molecule has 0 saturated carbocycles. The normalized spacial score (nSPS) is 11.5. The number of nitro groups is 1. The summed E-state index contributed by atoms with van der Waals surface area (Å²) in [5, 5.41) is 25.7. The zero-order chi connectivity index (χ0) is 24.6. The molecule has 0 N–H and O–H groups in total. The van der Waals surface area contributed by atoms with Gasteiger partial charge in [-0.3, -0.25) is 14.9 Å². The molecule has 34 heavy (non-hydrogen) atoms. The number of nitrogens with zero attached hydrogens (tertiary/aromatic N) is 5. The lowest BCUT2D eigenvalue weighted by molar-refractivity contribution is -0.384. The van der Waals surface area contributed by atoms with Gasteiger partial charge >= 0.3 is 6.09 Å². The van der Waals surface area contributed by atoms with E-state index in [2.05, 4.69) is 15.3 Å². The van der Waals surface area contributed by atoms with E-state index in [1.807, 2.05) is 12.1 Å². The van der Waals surface area contributed by atoms with Gasteiger partial charge in [0.2, 0.25) is 0 Å². The maximum atomic E-state index is 12.4. The Kier molecular flexibility index (Phi) is 5.96. The molecule has 0 saturated heterocycles. The molecule has 0 atom stereocenters. The molecule has 0 fully saturated rings. The molecule has 174 valence electrons. The van der Waals surface area contributed by atoms with Crippen LogP contribution in [0.1, 0.15) is 48.6 Å². The molecule has 2 heterocycles. The topological polar surface area (TPSA) is 130 Å². The number of ether oxygens (including phenoxy) is 1.